The van der Waals surface area contributed by atoms with Crippen LogP contribution in [0.1, 0.15) is 18.4 Å². The Hall–Kier alpha value is -2.63. The molecule has 0 aliphatic carbocycles. The number of anilines is 1. The highest BCUT2D eigenvalue weighted by atomic mass is 16.2. The molecule has 0 saturated carbocycles. The molecule has 6 heteroatoms. The molecule has 1 aliphatic heterocycles. The summed E-state index contributed by atoms with van der Waals surface area (Å²) in [7, 11) is 0. The summed E-state index contributed by atoms with van der Waals surface area (Å²) in [4.78, 5) is 30.3. The second kappa shape index (κ2) is 7.29. The van der Waals surface area contributed by atoms with E-state index in [2.05, 4.69) is 10.3 Å². The largest absolute Gasteiger partial charge is 0.356 e. The number of hydrogen-bond acceptors (Lipinski definition) is 3. The van der Waals surface area contributed by atoms with Crippen LogP contribution in [0.15, 0.2) is 43.0 Å². The Morgan fingerprint density at radius 2 is 2.21 bits per heavy atom. The standard InChI is InChI=1S/C18H22N4O2/c1-14-5-2-3-6-16(14)22-12-15(11-17(22)23)18(24)20-7-4-9-21-10-8-19-13-21/h2-3,5-6,8,10,13,15H,4,7,9,11-12H2,1H3,(H,20,24). The summed E-state index contributed by atoms with van der Waals surface area (Å²) in [5.74, 6) is -0.293. The first-order valence-electron chi connectivity index (χ1n) is 8.24. The van der Waals surface area contributed by atoms with Gasteiger partial charge in [-0.2, -0.15) is 0 Å². The SMILES string of the molecule is Cc1ccccc1N1CC(C(=O)NCCCn2ccnc2)CC1=O. The number of imidazole rings is 1. The molecule has 0 spiro atoms. The summed E-state index contributed by atoms with van der Waals surface area (Å²) in [5, 5.41) is 2.94. The van der Waals surface area contributed by atoms with Gasteiger partial charge in [0.05, 0.1) is 12.2 Å². The number of para-hydroxylation sites is 1. The molecule has 0 radical (unpaired) electrons. The van der Waals surface area contributed by atoms with Crippen molar-refractivity contribution in [2.45, 2.75) is 26.3 Å². The molecule has 1 saturated heterocycles. The van der Waals surface area contributed by atoms with Gasteiger partial charge in [0.2, 0.25) is 11.8 Å². The lowest BCUT2D eigenvalue weighted by atomic mass is 10.1. The second-order valence-electron chi connectivity index (χ2n) is 6.14. The van der Waals surface area contributed by atoms with E-state index in [0.29, 0.717) is 13.1 Å². The molecule has 1 aromatic heterocycles. The first-order chi connectivity index (χ1) is 11.6. The van der Waals surface area contributed by atoms with Gasteiger partial charge in [-0.3, -0.25) is 9.59 Å². The summed E-state index contributed by atoms with van der Waals surface area (Å²) in [5.41, 5.74) is 1.95. The number of nitrogens with zero attached hydrogens (tertiary/aromatic N) is 3. The quantitative estimate of drug-likeness (QED) is 0.823. The summed E-state index contributed by atoms with van der Waals surface area (Å²) in [6.45, 7) is 3.86. The van der Waals surface area contributed by atoms with E-state index in [1.165, 1.54) is 0 Å². The van der Waals surface area contributed by atoms with Crippen molar-refractivity contribution in [3.8, 4) is 0 Å². The number of aryl methyl sites for hydroxylation is 2. The Morgan fingerprint density at radius 3 is 2.96 bits per heavy atom. The maximum atomic E-state index is 12.3. The first-order valence-corrected chi connectivity index (χ1v) is 8.24. The fourth-order valence-corrected chi connectivity index (χ4v) is 3.02. The molecule has 126 valence electrons. The van der Waals surface area contributed by atoms with Crippen LogP contribution in [0.4, 0.5) is 5.69 Å². The average Bonchev–Trinajstić information content (AvgIpc) is 3.22. The number of rotatable bonds is 6. The Balaban J connectivity index is 1.50. The second-order valence-corrected chi connectivity index (χ2v) is 6.14. The molecule has 1 atom stereocenters. The lowest BCUT2D eigenvalue weighted by molar-refractivity contribution is -0.126. The van der Waals surface area contributed by atoms with E-state index in [0.717, 1.165) is 24.2 Å². The molecule has 24 heavy (non-hydrogen) atoms. The minimum absolute atomic E-state index is 0.0165. The first kappa shape index (κ1) is 16.2. The number of carbonyl (C=O) groups excluding carboxylic acids is 2. The van der Waals surface area contributed by atoms with Crippen molar-refractivity contribution in [1.82, 2.24) is 14.9 Å². The van der Waals surface area contributed by atoms with E-state index in [-0.39, 0.29) is 24.2 Å². The lowest BCUT2D eigenvalue weighted by Crippen LogP contribution is -2.34. The van der Waals surface area contributed by atoms with Crippen LogP contribution in [0.2, 0.25) is 0 Å². The lowest BCUT2D eigenvalue weighted by Gasteiger charge is -2.19. The Labute approximate surface area is 141 Å². The van der Waals surface area contributed by atoms with Crippen LogP contribution in [0, 0.1) is 12.8 Å². The monoisotopic (exact) mass is 326 g/mol. The Kier molecular flexibility index (Phi) is 4.93. The molecule has 0 bridgehead atoms. The molecular weight excluding hydrogens is 304 g/mol. The minimum atomic E-state index is -0.273. The van der Waals surface area contributed by atoms with Gasteiger partial charge in [-0.1, -0.05) is 18.2 Å². The summed E-state index contributed by atoms with van der Waals surface area (Å²) < 4.78 is 1.98. The van der Waals surface area contributed by atoms with Gasteiger partial charge in [0.1, 0.15) is 0 Å². The zero-order chi connectivity index (χ0) is 16.9. The minimum Gasteiger partial charge on any atom is -0.356 e. The van der Waals surface area contributed by atoms with Crippen molar-refractivity contribution in [2.75, 3.05) is 18.0 Å². The predicted molar refractivity (Wildman–Crippen MR) is 91.5 cm³/mol. The van der Waals surface area contributed by atoms with Crippen LogP contribution in [0.5, 0.6) is 0 Å². The highest BCUT2D eigenvalue weighted by Gasteiger charge is 2.35. The van der Waals surface area contributed by atoms with E-state index in [9.17, 15) is 9.59 Å². The zero-order valence-electron chi connectivity index (χ0n) is 13.8. The van der Waals surface area contributed by atoms with Crippen molar-refractivity contribution in [1.29, 1.82) is 0 Å². The van der Waals surface area contributed by atoms with Gasteiger partial charge >= 0.3 is 0 Å². The topological polar surface area (TPSA) is 67.2 Å². The number of aromatic nitrogens is 2. The summed E-state index contributed by atoms with van der Waals surface area (Å²) in [6, 6.07) is 7.77. The maximum Gasteiger partial charge on any atom is 0.227 e. The summed E-state index contributed by atoms with van der Waals surface area (Å²) >= 11 is 0. The molecule has 1 unspecified atom stereocenters. The van der Waals surface area contributed by atoms with E-state index in [1.54, 1.807) is 17.4 Å². The number of amides is 2. The van der Waals surface area contributed by atoms with Gasteiger partial charge in [-0.25, -0.2) is 4.98 Å². The van der Waals surface area contributed by atoms with Crippen LogP contribution in [-0.2, 0) is 16.1 Å². The molecule has 1 N–H and O–H groups in total. The molecule has 2 aromatic rings. The van der Waals surface area contributed by atoms with Crippen molar-refractivity contribution >= 4 is 17.5 Å². The van der Waals surface area contributed by atoms with Crippen LogP contribution in [-0.4, -0.2) is 34.5 Å². The van der Waals surface area contributed by atoms with Crippen molar-refractivity contribution in [2.24, 2.45) is 5.92 Å². The van der Waals surface area contributed by atoms with Gasteiger partial charge in [0.15, 0.2) is 0 Å². The molecule has 3 rings (SSSR count). The molecule has 6 nitrogen and oxygen atoms in total. The van der Waals surface area contributed by atoms with Crippen molar-refractivity contribution in [3.63, 3.8) is 0 Å². The number of carbonyl (C=O) groups is 2. The van der Waals surface area contributed by atoms with E-state index >= 15 is 0 Å². The van der Waals surface area contributed by atoms with E-state index in [4.69, 9.17) is 0 Å². The third-order valence-electron chi connectivity index (χ3n) is 4.35. The van der Waals surface area contributed by atoms with Gasteiger partial charge in [0, 0.05) is 44.1 Å². The predicted octanol–water partition coefficient (Wildman–Crippen LogP) is 1.75. The van der Waals surface area contributed by atoms with E-state index in [1.807, 2.05) is 42.0 Å². The molecule has 1 aliphatic rings. The van der Waals surface area contributed by atoms with Crippen molar-refractivity contribution < 1.29 is 9.59 Å². The van der Waals surface area contributed by atoms with Crippen LogP contribution in [0.3, 0.4) is 0 Å². The molecule has 2 amide bonds. The van der Waals surface area contributed by atoms with E-state index < -0.39 is 0 Å². The van der Waals surface area contributed by atoms with Crippen LogP contribution in [0.25, 0.3) is 0 Å². The summed E-state index contributed by atoms with van der Waals surface area (Å²) in [6.07, 6.45) is 6.52. The fraction of sp³-hybridized carbons (Fsp3) is 0.389. The molecule has 2 heterocycles. The molecular formula is C18H22N4O2. The number of hydrogen-bond donors (Lipinski definition) is 1. The highest BCUT2D eigenvalue weighted by Crippen LogP contribution is 2.27. The normalized spacial score (nSPS) is 17.3. The Morgan fingerprint density at radius 1 is 1.38 bits per heavy atom. The third-order valence-corrected chi connectivity index (χ3v) is 4.35. The van der Waals surface area contributed by atoms with Gasteiger partial charge in [-0.15, -0.1) is 0 Å². The molecule has 1 fully saturated rings. The van der Waals surface area contributed by atoms with Gasteiger partial charge in [0.25, 0.3) is 0 Å². The van der Waals surface area contributed by atoms with Gasteiger partial charge < -0.3 is 14.8 Å². The highest BCUT2D eigenvalue weighted by molar-refractivity contribution is 6.00. The number of nitrogens with one attached hydrogen (secondary N) is 1. The molecule has 1 aromatic carbocycles. The zero-order valence-corrected chi connectivity index (χ0v) is 13.8. The average molecular weight is 326 g/mol. The third kappa shape index (κ3) is 3.64. The smallest absolute Gasteiger partial charge is 0.227 e. The van der Waals surface area contributed by atoms with Gasteiger partial charge in [-0.05, 0) is 25.0 Å². The number of benzene rings is 1. The Bertz CT molecular complexity index is 712. The van der Waals surface area contributed by atoms with Crippen LogP contribution >= 0.6 is 0 Å². The van der Waals surface area contributed by atoms with Crippen LogP contribution < -0.4 is 10.2 Å². The van der Waals surface area contributed by atoms with Crippen molar-refractivity contribution in [3.05, 3.63) is 48.5 Å². The maximum absolute atomic E-state index is 12.3. The fourth-order valence-electron chi connectivity index (χ4n) is 3.02.